The summed E-state index contributed by atoms with van der Waals surface area (Å²) in [5.74, 6) is 0.825. The third kappa shape index (κ3) is 2.95. The molecule has 4 N–H and O–H groups in total. The highest BCUT2D eigenvalue weighted by Gasteiger charge is 2.32. The SMILES string of the molecule is CC1CCN(CCC(C)(C)C(=N)N)C1CO. The van der Waals surface area contributed by atoms with Gasteiger partial charge in [0.1, 0.15) is 0 Å². The molecule has 0 spiro atoms. The molecule has 1 heterocycles. The molecule has 0 saturated carbocycles. The van der Waals surface area contributed by atoms with Crippen molar-refractivity contribution in [3.8, 4) is 0 Å². The van der Waals surface area contributed by atoms with Crippen LogP contribution in [-0.4, -0.2) is 41.6 Å². The molecular formula is C12H25N3O. The maximum absolute atomic E-state index is 9.34. The van der Waals surface area contributed by atoms with Gasteiger partial charge in [0, 0.05) is 11.5 Å². The van der Waals surface area contributed by atoms with Crippen LogP contribution in [0.3, 0.4) is 0 Å². The number of hydrogen-bond donors (Lipinski definition) is 3. The van der Waals surface area contributed by atoms with Gasteiger partial charge in [-0.3, -0.25) is 10.3 Å². The largest absolute Gasteiger partial charge is 0.395 e. The summed E-state index contributed by atoms with van der Waals surface area (Å²) < 4.78 is 0. The zero-order valence-electron chi connectivity index (χ0n) is 10.7. The number of likely N-dealkylation sites (tertiary alicyclic amines) is 1. The van der Waals surface area contributed by atoms with E-state index in [-0.39, 0.29) is 17.9 Å². The fourth-order valence-electron chi connectivity index (χ4n) is 2.22. The van der Waals surface area contributed by atoms with Gasteiger partial charge >= 0.3 is 0 Å². The molecule has 94 valence electrons. The first-order chi connectivity index (χ1) is 7.38. The number of aliphatic hydroxyl groups excluding tert-OH is 1. The van der Waals surface area contributed by atoms with E-state index in [4.69, 9.17) is 11.1 Å². The molecule has 0 aromatic carbocycles. The maximum Gasteiger partial charge on any atom is 0.0963 e. The van der Waals surface area contributed by atoms with Gasteiger partial charge in [-0.05, 0) is 31.8 Å². The van der Waals surface area contributed by atoms with Gasteiger partial charge in [-0.25, -0.2) is 0 Å². The van der Waals surface area contributed by atoms with Crippen LogP contribution in [-0.2, 0) is 0 Å². The van der Waals surface area contributed by atoms with E-state index in [9.17, 15) is 5.11 Å². The molecule has 2 unspecified atom stereocenters. The van der Waals surface area contributed by atoms with Crippen molar-refractivity contribution in [1.29, 1.82) is 5.41 Å². The Morgan fingerprint density at radius 3 is 2.69 bits per heavy atom. The van der Waals surface area contributed by atoms with E-state index in [2.05, 4.69) is 11.8 Å². The van der Waals surface area contributed by atoms with Gasteiger partial charge in [0.05, 0.1) is 12.4 Å². The van der Waals surface area contributed by atoms with Crippen molar-refractivity contribution in [2.75, 3.05) is 19.7 Å². The lowest BCUT2D eigenvalue weighted by Crippen LogP contribution is -2.40. The number of nitrogens with one attached hydrogen (secondary N) is 1. The van der Waals surface area contributed by atoms with Crippen LogP contribution in [0.4, 0.5) is 0 Å². The Labute approximate surface area is 98.3 Å². The van der Waals surface area contributed by atoms with Crippen LogP contribution in [0.2, 0.25) is 0 Å². The first kappa shape index (κ1) is 13.5. The van der Waals surface area contributed by atoms with Gasteiger partial charge in [0.25, 0.3) is 0 Å². The predicted molar refractivity (Wildman–Crippen MR) is 66.5 cm³/mol. The van der Waals surface area contributed by atoms with Crippen molar-refractivity contribution in [2.24, 2.45) is 17.1 Å². The molecule has 4 nitrogen and oxygen atoms in total. The summed E-state index contributed by atoms with van der Waals surface area (Å²) in [5.41, 5.74) is 5.33. The second kappa shape index (κ2) is 5.15. The van der Waals surface area contributed by atoms with Crippen LogP contribution < -0.4 is 5.73 Å². The lowest BCUT2D eigenvalue weighted by Gasteiger charge is -2.29. The summed E-state index contributed by atoms with van der Waals surface area (Å²) in [7, 11) is 0. The van der Waals surface area contributed by atoms with E-state index < -0.39 is 0 Å². The molecule has 0 aromatic rings. The zero-order chi connectivity index (χ0) is 12.3. The minimum atomic E-state index is -0.230. The molecule has 0 aromatic heterocycles. The van der Waals surface area contributed by atoms with Crippen molar-refractivity contribution < 1.29 is 5.11 Å². The lowest BCUT2D eigenvalue weighted by atomic mass is 9.88. The molecule has 1 aliphatic rings. The highest BCUT2D eigenvalue weighted by molar-refractivity contribution is 5.82. The fourth-order valence-corrected chi connectivity index (χ4v) is 2.22. The van der Waals surface area contributed by atoms with Crippen LogP contribution in [0.25, 0.3) is 0 Å². The predicted octanol–water partition coefficient (Wildman–Crippen LogP) is 1.04. The Hall–Kier alpha value is -0.610. The Bertz CT molecular complexity index is 253. The average molecular weight is 227 g/mol. The topological polar surface area (TPSA) is 73.3 Å². The molecule has 1 fully saturated rings. The second-order valence-corrected chi connectivity index (χ2v) is 5.60. The third-order valence-corrected chi connectivity index (χ3v) is 3.94. The summed E-state index contributed by atoms with van der Waals surface area (Å²) in [6, 6.07) is 0.294. The first-order valence-corrected chi connectivity index (χ1v) is 6.08. The molecule has 1 aliphatic heterocycles. The van der Waals surface area contributed by atoms with Gasteiger partial charge in [0.2, 0.25) is 0 Å². The number of nitrogens with two attached hydrogens (primary N) is 1. The Kier molecular flexibility index (Phi) is 4.33. The number of hydrogen-bond acceptors (Lipinski definition) is 3. The average Bonchev–Trinajstić information content (AvgIpc) is 2.56. The summed E-state index contributed by atoms with van der Waals surface area (Å²) in [5, 5.41) is 16.9. The second-order valence-electron chi connectivity index (χ2n) is 5.60. The van der Waals surface area contributed by atoms with Crippen molar-refractivity contribution in [2.45, 2.75) is 39.7 Å². The van der Waals surface area contributed by atoms with E-state index >= 15 is 0 Å². The van der Waals surface area contributed by atoms with Crippen LogP contribution in [0, 0.1) is 16.7 Å². The summed E-state index contributed by atoms with van der Waals surface area (Å²) in [6.45, 7) is 8.41. The Balaban J connectivity index is 2.47. The standard InChI is InChI=1S/C12H25N3O/c1-9-4-6-15(10(9)8-16)7-5-12(2,3)11(13)14/h9-10,16H,4-8H2,1-3H3,(H3,13,14). The highest BCUT2D eigenvalue weighted by atomic mass is 16.3. The third-order valence-electron chi connectivity index (χ3n) is 3.94. The minimum absolute atomic E-state index is 0.230. The van der Waals surface area contributed by atoms with Gasteiger partial charge in [-0.2, -0.15) is 0 Å². The van der Waals surface area contributed by atoms with E-state index in [1.54, 1.807) is 0 Å². The van der Waals surface area contributed by atoms with Crippen molar-refractivity contribution in [1.82, 2.24) is 4.90 Å². The van der Waals surface area contributed by atoms with Crippen molar-refractivity contribution in [3.63, 3.8) is 0 Å². The molecular weight excluding hydrogens is 202 g/mol. The molecule has 0 aliphatic carbocycles. The number of rotatable bonds is 5. The highest BCUT2D eigenvalue weighted by Crippen LogP contribution is 2.27. The first-order valence-electron chi connectivity index (χ1n) is 6.08. The number of nitrogens with zero attached hydrogens (tertiary/aromatic N) is 1. The lowest BCUT2D eigenvalue weighted by molar-refractivity contribution is 0.132. The molecule has 4 heteroatoms. The van der Waals surface area contributed by atoms with Gasteiger partial charge in [0.15, 0.2) is 0 Å². The molecule has 1 rings (SSSR count). The molecule has 1 saturated heterocycles. The van der Waals surface area contributed by atoms with Crippen LogP contribution in [0.5, 0.6) is 0 Å². The number of amidine groups is 1. The smallest absolute Gasteiger partial charge is 0.0963 e. The normalized spacial score (nSPS) is 27.2. The minimum Gasteiger partial charge on any atom is -0.395 e. The quantitative estimate of drug-likeness (QED) is 0.485. The molecule has 0 bridgehead atoms. The van der Waals surface area contributed by atoms with Crippen molar-refractivity contribution in [3.05, 3.63) is 0 Å². The van der Waals surface area contributed by atoms with Gasteiger partial charge < -0.3 is 10.8 Å². The van der Waals surface area contributed by atoms with E-state index in [1.807, 2.05) is 13.8 Å². The van der Waals surface area contributed by atoms with E-state index in [0.29, 0.717) is 12.0 Å². The molecule has 2 atom stereocenters. The molecule has 0 amide bonds. The summed E-state index contributed by atoms with van der Waals surface area (Å²) >= 11 is 0. The van der Waals surface area contributed by atoms with Gasteiger partial charge in [-0.1, -0.05) is 20.8 Å². The Morgan fingerprint density at radius 1 is 1.56 bits per heavy atom. The monoisotopic (exact) mass is 227 g/mol. The zero-order valence-corrected chi connectivity index (χ0v) is 10.7. The van der Waals surface area contributed by atoms with Gasteiger partial charge in [-0.15, -0.1) is 0 Å². The van der Waals surface area contributed by atoms with Crippen LogP contribution in [0.1, 0.15) is 33.6 Å². The Morgan fingerprint density at radius 2 is 2.19 bits per heavy atom. The molecule has 0 radical (unpaired) electrons. The van der Waals surface area contributed by atoms with Crippen LogP contribution >= 0.6 is 0 Å². The van der Waals surface area contributed by atoms with Crippen molar-refractivity contribution >= 4 is 5.84 Å². The molecule has 16 heavy (non-hydrogen) atoms. The van der Waals surface area contributed by atoms with E-state index in [1.165, 1.54) is 0 Å². The number of aliphatic hydroxyl groups is 1. The summed E-state index contributed by atoms with van der Waals surface area (Å²) in [6.07, 6.45) is 2.04. The fraction of sp³-hybridized carbons (Fsp3) is 0.917. The van der Waals surface area contributed by atoms with E-state index in [0.717, 1.165) is 25.9 Å². The maximum atomic E-state index is 9.34. The van der Waals surface area contributed by atoms with Crippen LogP contribution in [0.15, 0.2) is 0 Å². The summed E-state index contributed by atoms with van der Waals surface area (Å²) in [4.78, 5) is 2.33.